The van der Waals surface area contributed by atoms with E-state index in [4.69, 9.17) is 14.9 Å². The first-order chi connectivity index (χ1) is 15.3. The van der Waals surface area contributed by atoms with E-state index in [9.17, 15) is 18.5 Å². The zero-order valence-electron chi connectivity index (χ0n) is 17.8. The van der Waals surface area contributed by atoms with Crippen LogP contribution in [0, 0.1) is 17.2 Å². The topological polar surface area (TPSA) is 143 Å². The second-order valence-corrected chi connectivity index (χ2v) is 9.83. The van der Waals surface area contributed by atoms with Gasteiger partial charge in [-0.3, -0.25) is 4.79 Å². The molecule has 0 bridgehead atoms. The summed E-state index contributed by atoms with van der Waals surface area (Å²) < 4.78 is 39.0. The van der Waals surface area contributed by atoms with Crippen molar-refractivity contribution < 1.29 is 22.4 Å². The van der Waals surface area contributed by atoms with Crippen LogP contribution >= 0.6 is 0 Å². The van der Waals surface area contributed by atoms with E-state index in [2.05, 4.69) is 4.98 Å². The van der Waals surface area contributed by atoms with E-state index in [0.717, 1.165) is 12.8 Å². The molecule has 170 valence electrons. The van der Waals surface area contributed by atoms with Crippen molar-refractivity contribution in [3.63, 3.8) is 0 Å². The quantitative estimate of drug-likeness (QED) is 0.688. The Labute approximate surface area is 186 Å². The molecule has 4 rings (SSSR count). The average molecular weight is 460 g/mol. The number of hydrogen-bond acceptors (Lipinski definition) is 8. The van der Waals surface area contributed by atoms with E-state index >= 15 is 0 Å². The maximum absolute atomic E-state index is 13.2. The number of anilines is 1. The predicted molar refractivity (Wildman–Crippen MR) is 115 cm³/mol. The number of nitrogens with zero attached hydrogens (tertiary/aromatic N) is 4. The summed E-state index contributed by atoms with van der Waals surface area (Å²) in [5.41, 5.74) is 5.93. The maximum atomic E-state index is 13.2. The molecule has 0 spiro atoms. The highest BCUT2D eigenvalue weighted by molar-refractivity contribution is 7.89. The molecule has 1 amide bonds. The number of amides is 1. The van der Waals surface area contributed by atoms with E-state index < -0.39 is 10.0 Å². The Morgan fingerprint density at radius 1 is 1.25 bits per heavy atom. The summed E-state index contributed by atoms with van der Waals surface area (Å²) in [5.74, 6) is 0.174. The summed E-state index contributed by atoms with van der Waals surface area (Å²) in [5, 5.41) is 9.56. The summed E-state index contributed by atoms with van der Waals surface area (Å²) in [6, 6.07) is 6.73. The minimum atomic E-state index is -3.74. The fourth-order valence-electron chi connectivity index (χ4n) is 4.17. The Morgan fingerprint density at radius 3 is 2.53 bits per heavy atom. The minimum absolute atomic E-state index is 0.0416. The summed E-state index contributed by atoms with van der Waals surface area (Å²) in [6.07, 6.45) is 2.78. The van der Waals surface area contributed by atoms with Gasteiger partial charge in [-0.1, -0.05) is 0 Å². The van der Waals surface area contributed by atoms with Gasteiger partial charge in [-0.25, -0.2) is 8.42 Å². The molecule has 2 fully saturated rings. The number of carbonyl (C=O) groups excluding carboxylic acids is 1. The Hall–Kier alpha value is -3.10. The van der Waals surface area contributed by atoms with Crippen molar-refractivity contribution in [3.8, 4) is 23.3 Å². The molecule has 0 aliphatic carbocycles. The molecular weight excluding hydrogens is 434 g/mol. The molecule has 2 N–H and O–H groups in total. The molecule has 1 aromatic heterocycles. The van der Waals surface area contributed by atoms with E-state index in [1.165, 1.54) is 17.5 Å². The first-order valence-corrected chi connectivity index (χ1v) is 11.9. The molecular formula is C21H25N5O5S. The van der Waals surface area contributed by atoms with Crippen molar-refractivity contribution in [1.29, 1.82) is 5.26 Å². The van der Waals surface area contributed by atoms with Gasteiger partial charge in [-0.05, 0) is 43.9 Å². The molecule has 1 aromatic carbocycles. The van der Waals surface area contributed by atoms with Crippen LogP contribution in [0.4, 0.5) is 5.88 Å². The van der Waals surface area contributed by atoms with Crippen molar-refractivity contribution in [3.05, 3.63) is 23.9 Å². The van der Waals surface area contributed by atoms with E-state index in [0.29, 0.717) is 50.5 Å². The fourth-order valence-corrected chi connectivity index (χ4v) is 5.87. The van der Waals surface area contributed by atoms with Crippen LogP contribution in [0.25, 0.3) is 11.5 Å². The summed E-state index contributed by atoms with van der Waals surface area (Å²) >= 11 is 0. The maximum Gasteiger partial charge on any atom is 0.246 e. The molecule has 2 aliphatic heterocycles. The van der Waals surface area contributed by atoms with Gasteiger partial charge in [-0.15, -0.1) is 0 Å². The fraction of sp³-hybridized carbons (Fsp3) is 0.476. The number of piperidine rings is 1. The van der Waals surface area contributed by atoms with Crippen molar-refractivity contribution in [2.24, 2.45) is 11.7 Å². The molecule has 2 saturated heterocycles. The van der Waals surface area contributed by atoms with Crippen LogP contribution < -0.4 is 15.4 Å². The standard InChI is InChI=1S/C21H25N5O5S/c1-30-17-5-4-15(12-18(17)32(28,29)26-8-2-3-9-26)20-24-16(13-22)21(31-20)25-10-6-14(7-11-25)19(23)27/h4-5,12,14H,2-3,6-11H2,1H3,(H2,23,27). The first kappa shape index (κ1) is 22.1. The smallest absolute Gasteiger partial charge is 0.246 e. The molecule has 3 heterocycles. The third-order valence-electron chi connectivity index (χ3n) is 5.99. The van der Waals surface area contributed by atoms with Crippen LogP contribution in [0.2, 0.25) is 0 Å². The van der Waals surface area contributed by atoms with Gasteiger partial charge < -0.3 is 19.8 Å². The molecule has 11 heteroatoms. The number of benzene rings is 1. The van der Waals surface area contributed by atoms with Gasteiger partial charge in [-0.2, -0.15) is 14.6 Å². The number of oxazole rings is 1. The van der Waals surface area contributed by atoms with Crippen LogP contribution in [-0.4, -0.2) is 56.9 Å². The Morgan fingerprint density at radius 2 is 1.94 bits per heavy atom. The molecule has 0 atom stereocenters. The number of aromatic nitrogens is 1. The van der Waals surface area contributed by atoms with E-state index in [1.54, 1.807) is 12.1 Å². The Bertz CT molecular complexity index is 1160. The van der Waals surface area contributed by atoms with Crippen molar-refractivity contribution >= 4 is 21.8 Å². The van der Waals surface area contributed by atoms with Crippen LogP contribution in [0.1, 0.15) is 31.4 Å². The number of nitriles is 1. The zero-order valence-corrected chi connectivity index (χ0v) is 18.6. The van der Waals surface area contributed by atoms with E-state index in [-0.39, 0.29) is 34.1 Å². The van der Waals surface area contributed by atoms with Crippen LogP contribution in [0.15, 0.2) is 27.5 Å². The van der Waals surface area contributed by atoms with Crippen molar-refractivity contribution in [2.75, 3.05) is 38.2 Å². The number of rotatable bonds is 6. The SMILES string of the molecule is COc1ccc(-c2nc(C#N)c(N3CCC(C(N)=O)CC3)o2)cc1S(=O)(=O)N1CCCC1. The molecule has 0 saturated carbocycles. The zero-order chi connectivity index (χ0) is 22.9. The third kappa shape index (κ3) is 4.03. The van der Waals surface area contributed by atoms with Crippen molar-refractivity contribution in [1.82, 2.24) is 9.29 Å². The number of sulfonamides is 1. The molecule has 32 heavy (non-hydrogen) atoms. The predicted octanol–water partition coefficient (Wildman–Crippen LogP) is 1.71. The molecule has 2 aromatic rings. The van der Waals surface area contributed by atoms with Crippen LogP contribution in [-0.2, 0) is 14.8 Å². The highest BCUT2D eigenvalue weighted by Crippen LogP contribution is 2.35. The second-order valence-electron chi connectivity index (χ2n) is 7.93. The second kappa shape index (κ2) is 8.80. The first-order valence-electron chi connectivity index (χ1n) is 10.5. The number of methoxy groups -OCH3 is 1. The van der Waals surface area contributed by atoms with Gasteiger partial charge in [0.25, 0.3) is 0 Å². The van der Waals surface area contributed by atoms with Gasteiger partial charge in [0.15, 0.2) is 0 Å². The highest BCUT2D eigenvalue weighted by Gasteiger charge is 2.32. The minimum Gasteiger partial charge on any atom is -0.495 e. The lowest BCUT2D eigenvalue weighted by atomic mass is 9.96. The van der Waals surface area contributed by atoms with Crippen LogP contribution in [0.5, 0.6) is 5.75 Å². The Kier molecular flexibility index (Phi) is 6.08. The third-order valence-corrected chi connectivity index (χ3v) is 7.91. The molecule has 2 aliphatic rings. The normalized spacial score (nSPS) is 17.9. The van der Waals surface area contributed by atoms with Gasteiger partial charge in [0.2, 0.25) is 33.4 Å². The number of nitrogens with two attached hydrogens (primary N) is 1. The van der Waals surface area contributed by atoms with E-state index in [1.807, 2.05) is 11.0 Å². The molecule has 0 radical (unpaired) electrons. The number of primary amides is 1. The van der Waals surface area contributed by atoms with Crippen molar-refractivity contribution in [2.45, 2.75) is 30.6 Å². The number of ether oxygens (including phenoxy) is 1. The van der Waals surface area contributed by atoms with Gasteiger partial charge >= 0.3 is 0 Å². The summed E-state index contributed by atoms with van der Waals surface area (Å²) in [4.78, 5) is 17.6. The molecule has 0 unspecified atom stereocenters. The van der Waals surface area contributed by atoms with Gasteiger partial charge in [0.1, 0.15) is 16.7 Å². The Balaban J connectivity index is 1.67. The monoisotopic (exact) mass is 459 g/mol. The lowest BCUT2D eigenvalue weighted by Gasteiger charge is -2.30. The number of carbonyl (C=O) groups is 1. The lowest BCUT2D eigenvalue weighted by Crippen LogP contribution is -2.38. The lowest BCUT2D eigenvalue weighted by molar-refractivity contribution is -0.122. The largest absolute Gasteiger partial charge is 0.495 e. The molecule has 10 nitrogen and oxygen atoms in total. The average Bonchev–Trinajstić information content (AvgIpc) is 3.49. The number of hydrogen-bond donors (Lipinski definition) is 1. The van der Waals surface area contributed by atoms with Gasteiger partial charge in [0, 0.05) is 37.7 Å². The summed E-state index contributed by atoms with van der Waals surface area (Å²) in [6.45, 7) is 1.96. The summed E-state index contributed by atoms with van der Waals surface area (Å²) in [7, 11) is -2.31. The van der Waals surface area contributed by atoms with Gasteiger partial charge in [0.05, 0.1) is 7.11 Å². The highest BCUT2D eigenvalue weighted by atomic mass is 32.2. The van der Waals surface area contributed by atoms with Crippen LogP contribution in [0.3, 0.4) is 0 Å².